The first kappa shape index (κ1) is 7.39. The Morgan fingerprint density at radius 1 is 1.58 bits per heavy atom. The lowest BCUT2D eigenvalue weighted by molar-refractivity contribution is -0.121. The van der Waals surface area contributed by atoms with Crippen molar-refractivity contribution in [3.8, 4) is 0 Å². The van der Waals surface area contributed by atoms with E-state index in [1.165, 1.54) is 0 Å². The Hall–Kier alpha value is -1.26. The van der Waals surface area contributed by atoms with Crippen molar-refractivity contribution in [3.63, 3.8) is 0 Å². The van der Waals surface area contributed by atoms with Crippen molar-refractivity contribution in [3.05, 3.63) is 0 Å². The quantitative estimate of drug-likeness (QED) is 0.578. The lowest BCUT2D eigenvalue weighted by Crippen LogP contribution is -2.44. The van der Waals surface area contributed by atoms with Crippen LogP contribution < -0.4 is 11.1 Å². The van der Waals surface area contributed by atoms with E-state index in [2.05, 4.69) is 5.32 Å². The monoisotopic (exact) mass is 170 g/mol. The van der Waals surface area contributed by atoms with Crippen molar-refractivity contribution in [1.82, 2.24) is 5.32 Å². The number of alkyl carbamates (subject to hydrolysis) is 1. The number of hydrogen-bond donors (Lipinski definition) is 2. The summed E-state index contributed by atoms with van der Waals surface area (Å²) in [5, 5.41) is 2.39. The smallest absolute Gasteiger partial charge is 0.408 e. The first-order valence-electron chi connectivity index (χ1n) is 3.95. The highest BCUT2D eigenvalue weighted by atomic mass is 16.6. The molecule has 3 N–H and O–H groups in total. The number of nitrogens with one attached hydrogen (secondary N) is 1. The van der Waals surface area contributed by atoms with Gasteiger partial charge in [-0.3, -0.25) is 4.79 Å². The number of ether oxygens (including phenoxy) is 1. The van der Waals surface area contributed by atoms with E-state index in [-0.39, 0.29) is 6.10 Å². The number of carbonyl (C=O) groups is 2. The lowest BCUT2D eigenvalue weighted by Gasteiger charge is -2.11. The van der Waals surface area contributed by atoms with Gasteiger partial charge in [-0.1, -0.05) is 0 Å². The molecule has 1 saturated carbocycles. The van der Waals surface area contributed by atoms with Crippen LogP contribution in [-0.2, 0) is 9.53 Å². The van der Waals surface area contributed by atoms with Crippen LogP contribution in [0.5, 0.6) is 0 Å². The highest BCUT2D eigenvalue weighted by Crippen LogP contribution is 2.37. The number of rotatable bonds is 2. The van der Waals surface area contributed by atoms with E-state index in [9.17, 15) is 9.59 Å². The van der Waals surface area contributed by atoms with E-state index >= 15 is 0 Å². The fourth-order valence-corrected chi connectivity index (χ4v) is 1.46. The molecule has 0 aromatic heterocycles. The third kappa shape index (κ3) is 1.11. The number of nitrogens with two attached hydrogens (primary N) is 1. The van der Waals surface area contributed by atoms with Crippen LogP contribution in [0, 0.1) is 5.92 Å². The summed E-state index contributed by atoms with van der Waals surface area (Å²) in [6.45, 7) is 0. The fraction of sp³-hybridized carbons (Fsp3) is 0.714. The second kappa shape index (κ2) is 2.36. The van der Waals surface area contributed by atoms with E-state index in [1.807, 2.05) is 0 Å². The Bertz CT molecular complexity index is 237. The number of cyclic esters (lactones) is 1. The Kier molecular flexibility index (Phi) is 1.46. The summed E-state index contributed by atoms with van der Waals surface area (Å²) in [5.41, 5.74) is 5.08. The van der Waals surface area contributed by atoms with Gasteiger partial charge in [0.2, 0.25) is 5.91 Å². The predicted octanol–water partition coefficient (Wildman–Crippen LogP) is -0.641. The molecule has 2 unspecified atom stereocenters. The van der Waals surface area contributed by atoms with Crippen LogP contribution >= 0.6 is 0 Å². The lowest BCUT2D eigenvalue weighted by atomic mass is 10.1. The molecule has 0 radical (unpaired) electrons. The van der Waals surface area contributed by atoms with Crippen molar-refractivity contribution in [2.75, 3.05) is 0 Å². The molecule has 2 rings (SSSR count). The average Bonchev–Trinajstić information content (AvgIpc) is 2.75. The molecule has 1 saturated heterocycles. The minimum Gasteiger partial charge on any atom is -0.443 e. The summed E-state index contributed by atoms with van der Waals surface area (Å²) < 4.78 is 4.91. The summed E-state index contributed by atoms with van der Waals surface area (Å²) >= 11 is 0. The zero-order valence-corrected chi connectivity index (χ0v) is 6.45. The fourth-order valence-electron chi connectivity index (χ4n) is 1.46. The summed E-state index contributed by atoms with van der Waals surface area (Å²) in [7, 11) is 0. The highest BCUT2D eigenvalue weighted by Gasteiger charge is 2.46. The van der Waals surface area contributed by atoms with Crippen molar-refractivity contribution in [1.29, 1.82) is 0 Å². The van der Waals surface area contributed by atoms with Gasteiger partial charge >= 0.3 is 6.09 Å². The van der Waals surface area contributed by atoms with Gasteiger partial charge in [0.05, 0.1) is 0 Å². The van der Waals surface area contributed by atoms with E-state index in [4.69, 9.17) is 10.5 Å². The highest BCUT2D eigenvalue weighted by molar-refractivity contribution is 5.87. The van der Waals surface area contributed by atoms with Crippen LogP contribution in [0.15, 0.2) is 0 Å². The molecule has 2 amide bonds. The van der Waals surface area contributed by atoms with Gasteiger partial charge in [-0.15, -0.1) is 0 Å². The number of amides is 2. The molecule has 0 spiro atoms. The van der Waals surface area contributed by atoms with E-state index in [1.54, 1.807) is 0 Å². The van der Waals surface area contributed by atoms with Gasteiger partial charge in [0.1, 0.15) is 12.1 Å². The average molecular weight is 170 g/mol. The largest absolute Gasteiger partial charge is 0.443 e. The second-order valence-corrected chi connectivity index (χ2v) is 3.23. The van der Waals surface area contributed by atoms with Gasteiger partial charge in [-0.25, -0.2) is 4.79 Å². The maximum absolute atomic E-state index is 10.8. The number of primary amides is 1. The molecule has 12 heavy (non-hydrogen) atoms. The van der Waals surface area contributed by atoms with Gasteiger partial charge < -0.3 is 15.8 Å². The molecule has 2 fully saturated rings. The first-order valence-corrected chi connectivity index (χ1v) is 3.95. The maximum Gasteiger partial charge on any atom is 0.408 e. The van der Waals surface area contributed by atoms with Crippen LogP contribution in [0.2, 0.25) is 0 Å². The van der Waals surface area contributed by atoms with Gasteiger partial charge in [0, 0.05) is 0 Å². The number of hydrogen-bond acceptors (Lipinski definition) is 3. The normalized spacial score (nSPS) is 34.2. The molecule has 5 heteroatoms. The number of carbonyl (C=O) groups excluding carboxylic acids is 2. The van der Waals surface area contributed by atoms with Crippen molar-refractivity contribution < 1.29 is 14.3 Å². The molecule has 5 nitrogen and oxygen atoms in total. The SMILES string of the molecule is NC(=O)C1NC(=O)OC1C1CC1. The van der Waals surface area contributed by atoms with Gasteiger partial charge in [0.25, 0.3) is 0 Å². The molecule has 0 aromatic carbocycles. The minimum absolute atomic E-state index is 0.324. The second-order valence-electron chi connectivity index (χ2n) is 3.23. The Balaban J connectivity index is 2.09. The predicted molar refractivity (Wildman–Crippen MR) is 39.1 cm³/mol. The van der Waals surface area contributed by atoms with Crippen LogP contribution in [0.1, 0.15) is 12.8 Å². The van der Waals surface area contributed by atoms with Crippen LogP contribution in [0.25, 0.3) is 0 Å². The van der Waals surface area contributed by atoms with Crippen molar-refractivity contribution in [2.24, 2.45) is 11.7 Å². The van der Waals surface area contributed by atoms with Crippen LogP contribution in [0.3, 0.4) is 0 Å². The maximum atomic E-state index is 10.8. The van der Waals surface area contributed by atoms with Crippen LogP contribution in [-0.4, -0.2) is 24.1 Å². The third-order valence-corrected chi connectivity index (χ3v) is 2.24. The molecule has 1 heterocycles. The Labute approximate surface area is 69.2 Å². The zero-order chi connectivity index (χ0) is 8.72. The summed E-state index contributed by atoms with van der Waals surface area (Å²) in [5.74, 6) is -0.181. The minimum atomic E-state index is -0.620. The molecule has 1 aliphatic carbocycles. The molecule has 0 bridgehead atoms. The Morgan fingerprint density at radius 2 is 2.25 bits per heavy atom. The van der Waals surface area contributed by atoms with E-state index < -0.39 is 18.0 Å². The molecule has 2 aliphatic rings. The molecule has 1 aliphatic heterocycles. The van der Waals surface area contributed by atoms with E-state index in [0.29, 0.717) is 5.92 Å². The molecule has 2 atom stereocenters. The molecule has 66 valence electrons. The topological polar surface area (TPSA) is 81.4 Å². The molecular weight excluding hydrogens is 160 g/mol. The molecular formula is C7H10N2O3. The van der Waals surface area contributed by atoms with Crippen molar-refractivity contribution in [2.45, 2.75) is 25.0 Å². The van der Waals surface area contributed by atoms with E-state index in [0.717, 1.165) is 12.8 Å². The van der Waals surface area contributed by atoms with Crippen LogP contribution in [0.4, 0.5) is 4.79 Å². The summed E-state index contributed by atoms with van der Waals surface area (Å²) in [4.78, 5) is 21.6. The first-order chi connectivity index (χ1) is 5.68. The summed E-state index contributed by atoms with van der Waals surface area (Å²) in [6, 6.07) is -0.620. The Morgan fingerprint density at radius 3 is 2.75 bits per heavy atom. The van der Waals surface area contributed by atoms with Gasteiger partial charge in [-0.2, -0.15) is 0 Å². The van der Waals surface area contributed by atoms with Gasteiger partial charge in [-0.05, 0) is 18.8 Å². The summed E-state index contributed by atoms with van der Waals surface area (Å²) in [6.07, 6.45) is 1.18. The zero-order valence-electron chi connectivity index (χ0n) is 6.45. The van der Waals surface area contributed by atoms with Gasteiger partial charge in [0.15, 0.2) is 0 Å². The van der Waals surface area contributed by atoms with Crippen molar-refractivity contribution >= 4 is 12.0 Å². The third-order valence-electron chi connectivity index (χ3n) is 2.24. The standard InChI is InChI=1S/C7H10N2O3/c8-6(10)4-5(3-1-2-3)12-7(11)9-4/h3-5H,1-2H2,(H2,8,10)(H,9,11). The molecule has 0 aromatic rings.